The van der Waals surface area contributed by atoms with Crippen molar-refractivity contribution in [3.63, 3.8) is 0 Å². The van der Waals surface area contributed by atoms with Crippen molar-refractivity contribution in [2.24, 2.45) is 0 Å². The first-order valence-electron chi connectivity index (χ1n) is 11.4. The molecule has 0 bridgehead atoms. The van der Waals surface area contributed by atoms with E-state index in [1.165, 1.54) is 0 Å². The second kappa shape index (κ2) is 8.59. The summed E-state index contributed by atoms with van der Waals surface area (Å²) >= 11 is 4.62. The summed E-state index contributed by atoms with van der Waals surface area (Å²) < 4.78 is 5.84. The third-order valence-corrected chi connectivity index (χ3v) is 6.89. The number of nitrogens with zero attached hydrogens (tertiary/aromatic N) is 3. The lowest BCUT2D eigenvalue weighted by molar-refractivity contribution is -0.118. The van der Waals surface area contributed by atoms with E-state index in [0.29, 0.717) is 16.3 Å². The molecule has 1 aliphatic rings. The van der Waals surface area contributed by atoms with Gasteiger partial charge >= 0.3 is 0 Å². The third kappa shape index (κ3) is 3.51. The van der Waals surface area contributed by atoms with Crippen LogP contribution in [0, 0.1) is 18.3 Å². The van der Waals surface area contributed by atoms with Crippen LogP contribution in [-0.2, 0) is 4.79 Å². The van der Waals surface area contributed by atoms with Crippen LogP contribution >= 0.6 is 12.6 Å². The summed E-state index contributed by atoms with van der Waals surface area (Å²) in [4.78, 5) is 14.7. The molecule has 1 aromatic heterocycles. The molecule has 1 amide bonds. The van der Waals surface area contributed by atoms with Crippen LogP contribution in [0.3, 0.4) is 0 Å². The summed E-state index contributed by atoms with van der Waals surface area (Å²) in [5.41, 5.74) is 4.31. The van der Waals surface area contributed by atoms with Gasteiger partial charge in [0.25, 0.3) is 5.91 Å². The number of benzene rings is 4. The van der Waals surface area contributed by atoms with Crippen LogP contribution in [0.2, 0.25) is 0 Å². The fourth-order valence-electron chi connectivity index (χ4n) is 4.73. The van der Waals surface area contributed by atoms with Gasteiger partial charge in [-0.2, -0.15) is 5.26 Å². The van der Waals surface area contributed by atoms with Gasteiger partial charge in [-0.3, -0.25) is 4.79 Å². The molecule has 0 saturated heterocycles. The Morgan fingerprint density at radius 3 is 2.64 bits per heavy atom. The molecule has 1 unspecified atom stereocenters. The number of thiol groups is 1. The number of aryl methyl sites for hydroxylation is 1. The second-order valence-corrected chi connectivity index (χ2v) is 9.13. The van der Waals surface area contributed by atoms with Gasteiger partial charge in [0.1, 0.15) is 23.3 Å². The monoisotopic (exact) mass is 488 g/mol. The van der Waals surface area contributed by atoms with Crippen LogP contribution in [-0.4, -0.2) is 11.1 Å². The largest absolute Gasteiger partial charge is 0.355 e. The Bertz CT molecular complexity index is 1740. The highest BCUT2D eigenvalue weighted by Gasteiger charge is 2.34. The fourth-order valence-corrected chi connectivity index (χ4v) is 5.12. The maximum atomic E-state index is 12.8. The standard InChI is InChI=1S/C29H20N4O2S/c1-17-6-4-9-20(14-17)33-27(31-28(34)24(16-30)29(33)36)19-12-13-25-23(15-19)26(35-32-25)22-11-5-8-18-7-2-3-10-21(18)22/h2-15,27,36H,1H3,(H,31,34). The number of nitriles is 1. The molecule has 0 saturated carbocycles. The molecule has 5 aromatic rings. The number of nitrogens with one attached hydrogen (secondary N) is 1. The number of hydrogen-bond donors (Lipinski definition) is 2. The van der Waals surface area contributed by atoms with E-state index >= 15 is 0 Å². The molecule has 0 aliphatic carbocycles. The van der Waals surface area contributed by atoms with Crippen LogP contribution in [0.5, 0.6) is 0 Å². The van der Waals surface area contributed by atoms with Gasteiger partial charge < -0.3 is 14.7 Å². The van der Waals surface area contributed by atoms with Crippen LogP contribution in [0.4, 0.5) is 5.69 Å². The topological polar surface area (TPSA) is 82.2 Å². The van der Waals surface area contributed by atoms with Crippen molar-refractivity contribution in [3.8, 4) is 17.4 Å². The molecule has 6 nitrogen and oxygen atoms in total. The molecule has 4 aromatic carbocycles. The SMILES string of the molecule is Cc1cccc(N2C(S)=C(C#N)C(=O)NC2c2ccc3noc(-c4cccc5ccccc45)c3c2)c1. The average Bonchev–Trinajstić information content (AvgIpc) is 3.31. The summed E-state index contributed by atoms with van der Waals surface area (Å²) in [6.45, 7) is 1.99. The van der Waals surface area contributed by atoms with E-state index in [1.807, 2.05) is 84.6 Å². The van der Waals surface area contributed by atoms with Crippen molar-refractivity contribution in [1.82, 2.24) is 10.5 Å². The van der Waals surface area contributed by atoms with Crippen molar-refractivity contribution >= 4 is 45.9 Å². The van der Waals surface area contributed by atoms with Gasteiger partial charge in [-0.25, -0.2) is 0 Å². The molecule has 1 aliphatic heterocycles. The Balaban J connectivity index is 1.53. The molecule has 36 heavy (non-hydrogen) atoms. The normalized spacial score (nSPS) is 15.9. The average molecular weight is 489 g/mol. The van der Waals surface area contributed by atoms with Gasteiger partial charge in [0.15, 0.2) is 5.76 Å². The van der Waals surface area contributed by atoms with Gasteiger partial charge in [0, 0.05) is 11.3 Å². The fraction of sp³-hybridized carbons (Fsp3) is 0.0690. The molecule has 0 spiro atoms. The van der Waals surface area contributed by atoms with Crippen molar-refractivity contribution in [2.45, 2.75) is 13.1 Å². The van der Waals surface area contributed by atoms with Gasteiger partial charge in [-0.05, 0) is 53.1 Å². The summed E-state index contributed by atoms with van der Waals surface area (Å²) in [6, 6.07) is 29.8. The minimum atomic E-state index is -0.580. The maximum Gasteiger partial charge on any atom is 0.266 e. The van der Waals surface area contributed by atoms with Crippen molar-refractivity contribution in [2.75, 3.05) is 4.90 Å². The summed E-state index contributed by atoms with van der Waals surface area (Å²) in [6.07, 6.45) is -0.580. The number of rotatable bonds is 3. The molecule has 0 fully saturated rings. The van der Waals surface area contributed by atoms with Crippen LogP contribution in [0.1, 0.15) is 17.3 Å². The number of fused-ring (bicyclic) bond motifs is 2. The zero-order valence-electron chi connectivity index (χ0n) is 19.3. The van der Waals surface area contributed by atoms with Gasteiger partial charge in [0.2, 0.25) is 0 Å². The number of aromatic nitrogens is 1. The number of carbonyl (C=O) groups is 1. The quantitative estimate of drug-likeness (QED) is 0.293. The van der Waals surface area contributed by atoms with E-state index in [0.717, 1.165) is 38.5 Å². The number of hydrogen-bond acceptors (Lipinski definition) is 6. The summed E-state index contributed by atoms with van der Waals surface area (Å²) in [5, 5.41) is 20.2. The molecule has 2 heterocycles. The Morgan fingerprint density at radius 2 is 1.81 bits per heavy atom. The van der Waals surface area contributed by atoms with Crippen LogP contribution in [0.25, 0.3) is 33.0 Å². The highest BCUT2D eigenvalue weighted by molar-refractivity contribution is 7.84. The van der Waals surface area contributed by atoms with Gasteiger partial charge in [-0.15, -0.1) is 12.6 Å². The van der Waals surface area contributed by atoms with E-state index in [-0.39, 0.29) is 5.57 Å². The Labute approximate surface area is 212 Å². The van der Waals surface area contributed by atoms with Crippen LogP contribution in [0.15, 0.2) is 100 Å². The molecular weight excluding hydrogens is 468 g/mol. The lowest BCUT2D eigenvalue weighted by Crippen LogP contribution is -2.46. The van der Waals surface area contributed by atoms with E-state index < -0.39 is 12.1 Å². The van der Waals surface area contributed by atoms with Crippen molar-refractivity contribution in [1.29, 1.82) is 5.26 Å². The van der Waals surface area contributed by atoms with E-state index in [4.69, 9.17) is 4.52 Å². The smallest absolute Gasteiger partial charge is 0.266 e. The Kier molecular flexibility index (Phi) is 5.24. The zero-order chi connectivity index (χ0) is 24.8. The first-order chi connectivity index (χ1) is 17.5. The minimum absolute atomic E-state index is 0.0291. The molecule has 6 rings (SSSR count). The first-order valence-corrected chi connectivity index (χ1v) is 11.9. The summed E-state index contributed by atoms with van der Waals surface area (Å²) in [7, 11) is 0. The number of amides is 1. The molecular formula is C29H20N4O2S. The zero-order valence-corrected chi connectivity index (χ0v) is 20.2. The third-order valence-electron chi connectivity index (χ3n) is 6.45. The van der Waals surface area contributed by atoms with Crippen molar-refractivity contribution in [3.05, 3.63) is 107 Å². The van der Waals surface area contributed by atoms with Crippen molar-refractivity contribution < 1.29 is 9.32 Å². The Morgan fingerprint density at radius 1 is 1.00 bits per heavy atom. The van der Waals surface area contributed by atoms with Gasteiger partial charge in [-0.1, -0.05) is 65.8 Å². The molecule has 1 N–H and O–H groups in total. The molecule has 7 heteroatoms. The minimum Gasteiger partial charge on any atom is -0.355 e. The number of anilines is 1. The van der Waals surface area contributed by atoms with E-state index in [2.05, 4.69) is 41.3 Å². The van der Waals surface area contributed by atoms with Crippen LogP contribution < -0.4 is 10.2 Å². The molecule has 0 radical (unpaired) electrons. The predicted octanol–water partition coefficient (Wildman–Crippen LogP) is 6.26. The molecule has 174 valence electrons. The number of carbonyl (C=O) groups excluding carboxylic acids is 1. The highest BCUT2D eigenvalue weighted by Crippen LogP contribution is 2.39. The summed E-state index contributed by atoms with van der Waals surface area (Å²) in [5.74, 6) is 0.198. The molecule has 1 atom stereocenters. The predicted molar refractivity (Wildman–Crippen MR) is 143 cm³/mol. The lowest BCUT2D eigenvalue weighted by atomic mass is 9.99. The first kappa shape index (κ1) is 22.0. The van der Waals surface area contributed by atoms with E-state index in [9.17, 15) is 10.1 Å². The van der Waals surface area contributed by atoms with E-state index in [1.54, 1.807) is 0 Å². The lowest BCUT2D eigenvalue weighted by Gasteiger charge is -2.38. The second-order valence-electron chi connectivity index (χ2n) is 8.71. The maximum absolute atomic E-state index is 12.8. The van der Waals surface area contributed by atoms with Gasteiger partial charge in [0.05, 0.1) is 10.4 Å². The highest BCUT2D eigenvalue weighted by atomic mass is 32.1. The Hall–Kier alpha value is -4.54.